The second-order valence-electron chi connectivity index (χ2n) is 6.43. The highest BCUT2D eigenvalue weighted by molar-refractivity contribution is 8.04. The standard InChI is InChI=1S/C21H18F3NO2S/c1-4-28-18-17(14-9-8-12(2)13(3)10-14)19(26)25(20(18)27)16-7-5-6-15(11-16)21(22,23)24/h5-11H,4H2,1-3H3. The van der Waals surface area contributed by atoms with Gasteiger partial charge in [-0.3, -0.25) is 9.59 Å². The van der Waals surface area contributed by atoms with Crippen LogP contribution in [0.4, 0.5) is 18.9 Å². The number of aryl methyl sites for hydroxylation is 2. The van der Waals surface area contributed by atoms with Gasteiger partial charge in [0.05, 0.1) is 21.7 Å². The summed E-state index contributed by atoms with van der Waals surface area (Å²) in [5.74, 6) is -0.646. The van der Waals surface area contributed by atoms with E-state index >= 15 is 0 Å². The number of alkyl halides is 3. The Labute approximate surface area is 165 Å². The summed E-state index contributed by atoms with van der Waals surface area (Å²) < 4.78 is 39.2. The van der Waals surface area contributed by atoms with E-state index in [2.05, 4.69) is 0 Å². The van der Waals surface area contributed by atoms with Gasteiger partial charge in [-0.15, -0.1) is 11.8 Å². The number of hydrogen-bond acceptors (Lipinski definition) is 3. The number of amides is 2. The van der Waals surface area contributed by atoms with Gasteiger partial charge in [0.25, 0.3) is 11.8 Å². The highest BCUT2D eigenvalue weighted by atomic mass is 32.2. The van der Waals surface area contributed by atoms with E-state index in [1.807, 2.05) is 32.9 Å². The molecular formula is C21H18F3NO2S. The van der Waals surface area contributed by atoms with Crippen molar-refractivity contribution in [3.05, 3.63) is 69.6 Å². The maximum atomic E-state index is 13.1. The number of thioether (sulfide) groups is 1. The first-order valence-corrected chi connectivity index (χ1v) is 9.64. The fraction of sp³-hybridized carbons (Fsp3) is 0.238. The number of nitrogens with zero attached hydrogens (tertiary/aromatic N) is 1. The van der Waals surface area contributed by atoms with Gasteiger partial charge in [-0.2, -0.15) is 13.2 Å². The van der Waals surface area contributed by atoms with Crippen LogP contribution in [0, 0.1) is 13.8 Å². The second kappa shape index (κ2) is 7.47. The summed E-state index contributed by atoms with van der Waals surface area (Å²) in [5.41, 5.74) is 1.83. The van der Waals surface area contributed by atoms with Crippen molar-refractivity contribution in [2.75, 3.05) is 10.7 Å². The lowest BCUT2D eigenvalue weighted by molar-refractivity contribution is -0.137. The molecule has 0 bridgehead atoms. The SMILES string of the molecule is CCSC1=C(c2ccc(C)c(C)c2)C(=O)N(c2cccc(C(F)(F)F)c2)C1=O. The summed E-state index contributed by atoms with van der Waals surface area (Å²) in [7, 11) is 0. The van der Waals surface area contributed by atoms with Gasteiger partial charge in [-0.25, -0.2) is 4.90 Å². The lowest BCUT2D eigenvalue weighted by Crippen LogP contribution is -2.31. The Morgan fingerprint density at radius 1 is 0.964 bits per heavy atom. The minimum atomic E-state index is -4.56. The van der Waals surface area contributed by atoms with Gasteiger partial charge in [-0.1, -0.05) is 31.2 Å². The van der Waals surface area contributed by atoms with Gasteiger partial charge in [0.1, 0.15) is 0 Å². The molecule has 146 valence electrons. The molecule has 0 radical (unpaired) electrons. The number of anilines is 1. The summed E-state index contributed by atoms with van der Waals surface area (Å²) >= 11 is 1.22. The number of carbonyl (C=O) groups is 2. The fourth-order valence-corrected chi connectivity index (χ4v) is 3.85. The van der Waals surface area contributed by atoms with Crippen LogP contribution in [0.25, 0.3) is 5.57 Å². The number of imide groups is 1. The predicted molar refractivity (Wildman–Crippen MR) is 105 cm³/mol. The minimum absolute atomic E-state index is 0.0853. The van der Waals surface area contributed by atoms with Crippen LogP contribution in [0.5, 0.6) is 0 Å². The zero-order chi connectivity index (χ0) is 20.6. The smallest absolute Gasteiger partial charge is 0.268 e. The third-order valence-corrected chi connectivity index (χ3v) is 5.51. The molecule has 2 amide bonds. The van der Waals surface area contributed by atoms with Crippen molar-refractivity contribution in [1.29, 1.82) is 0 Å². The molecule has 1 aliphatic heterocycles. The number of halogens is 3. The van der Waals surface area contributed by atoms with Crippen LogP contribution in [0.3, 0.4) is 0 Å². The second-order valence-corrected chi connectivity index (χ2v) is 7.70. The van der Waals surface area contributed by atoms with E-state index in [9.17, 15) is 22.8 Å². The van der Waals surface area contributed by atoms with E-state index < -0.39 is 23.6 Å². The van der Waals surface area contributed by atoms with Crippen molar-refractivity contribution < 1.29 is 22.8 Å². The zero-order valence-corrected chi connectivity index (χ0v) is 16.4. The molecule has 0 aliphatic carbocycles. The number of carbonyl (C=O) groups excluding carboxylic acids is 2. The van der Waals surface area contributed by atoms with Crippen LogP contribution in [-0.2, 0) is 15.8 Å². The van der Waals surface area contributed by atoms with Gasteiger partial charge >= 0.3 is 6.18 Å². The molecule has 0 atom stereocenters. The van der Waals surface area contributed by atoms with Crippen LogP contribution in [-0.4, -0.2) is 17.6 Å². The monoisotopic (exact) mass is 405 g/mol. The first-order valence-electron chi connectivity index (χ1n) is 8.66. The number of benzene rings is 2. The van der Waals surface area contributed by atoms with E-state index in [0.717, 1.165) is 28.2 Å². The first kappa shape index (κ1) is 20.2. The molecule has 2 aromatic carbocycles. The summed E-state index contributed by atoms with van der Waals surface area (Å²) in [4.78, 5) is 27.1. The molecular weight excluding hydrogens is 387 g/mol. The van der Waals surface area contributed by atoms with E-state index in [1.54, 1.807) is 6.07 Å². The molecule has 0 unspecified atom stereocenters. The predicted octanol–water partition coefficient (Wildman–Crippen LogP) is 5.36. The van der Waals surface area contributed by atoms with Crippen LogP contribution in [0.1, 0.15) is 29.2 Å². The van der Waals surface area contributed by atoms with Crippen LogP contribution >= 0.6 is 11.8 Å². The summed E-state index contributed by atoms with van der Waals surface area (Å²) in [6.45, 7) is 5.68. The van der Waals surface area contributed by atoms with Crippen LogP contribution in [0.15, 0.2) is 47.4 Å². The molecule has 0 spiro atoms. The normalized spacial score (nSPS) is 15.0. The Kier molecular flexibility index (Phi) is 5.39. The van der Waals surface area contributed by atoms with Crippen molar-refractivity contribution in [3.63, 3.8) is 0 Å². The summed E-state index contributed by atoms with van der Waals surface area (Å²) in [6, 6.07) is 9.70. The van der Waals surface area contributed by atoms with Crippen molar-refractivity contribution in [3.8, 4) is 0 Å². The molecule has 3 rings (SSSR count). The maximum Gasteiger partial charge on any atom is 0.416 e. The lowest BCUT2D eigenvalue weighted by atomic mass is 10.0. The van der Waals surface area contributed by atoms with Crippen molar-refractivity contribution in [1.82, 2.24) is 0 Å². The Balaban J connectivity index is 2.10. The lowest BCUT2D eigenvalue weighted by Gasteiger charge is -2.17. The molecule has 28 heavy (non-hydrogen) atoms. The Bertz CT molecular complexity index is 995. The topological polar surface area (TPSA) is 37.4 Å². The molecule has 7 heteroatoms. The highest BCUT2D eigenvalue weighted by Crippen LogP contribution is 2.40. The van der Waals surface area contributed by atoms with Gasteiger partial charge < -0.3 is 0 Å². The van der Waals surface area contributed by atoms with E-state index in [0.29, 0.717) is 11.3 Å². The van der Waals surface area contributed by atoms with Gasteiger partial charge in [0, 0.05) is 0 Å². The maximum absolute atomic E-state index is 13.1. The van der Waals surface area contributed by atoms with Crippen LogP contribution < -0.4 is 4.90 Å². The Morgan fingerprint density at radius 2 is 1.68 bits per heavy atom. The molecule has 0 saturated heterocycles. The number of hydrogen-bond donors (Lipinski definition) is 0. The molecule has 1 heterocycles. The average molecular weight is 405 g/mol. The Morgan fingerprint density at radius 3 is 2.29 bits per heavy atom. The minimum Gasteiger partial charge on any atom is -0.268 e. The van der Waals surface area contributed by atoms with E-state index in [1.165, 1.54) is 23.9 Å². The largest absolute Gasteiger partial charge is 0.416 e. The average Bonchev–Trinajstić information content (AvgIpc) is 2.87. The summed E-state index contributed by atoms with van der Waals surface area (Å²) in [6.07, 6.45) is -4.56. The molecule has 1 aliphatic rings. The van der Waals surface area contributed by atoms with E-state index in [4.69, 9.17) is 0 Å². The first-order chi connectivity index (χ1) is 13.1. The van der Waals surface area contributed by atoms with Crippen molar-refractivity contribution in [2.45, 2.75) is 26.9 Å². The van der Waals surface area contributed by atoms with Crippen molar-refractivity contribution >= 4 is 34.8 Å². The molecule has 0 fully saturated rings. The molecule has 3 nitrogen and oxygen atoms in total. The quantitative estimate of drug-likeness (QED) is 0.643. The number of rotatable bonds is 4. The third kappa shape index (κ3) is 3.58. The highest BCUT2D eigenvalue weighted by Gasteiger charge is 2.41. The van der Waals surface area contributed by atoms with Gasteiger partial charge in [-0.05, 0) is 54.5 Å². The third-order valence-electron chi connectivity index (χ3n) is 4.56. The van der Waals surface area contributed by atoms with Gasteiger partial charge in [0.2, 0.25) is 0 Å². The molecule has 0 saturated carbocycles. The Hall–Kier alpha value is -2.54. The van der Waals surface area contributed by atoms with E-state index in [-0.39, 0.29) is 16.2 Å². The molecule has 0 aromatic heterocycles. The van der Waals surface area contributed by atoms with Crippen molar-refractivity contribution in [2.24, 2.45) is 0 Å². The summed E-state index contributed by atoms with van der Waals surface area (Å²) in [5, 5.41) is 0. The van der Waals surface area contributed by atoms with Crippen LogP contribution in [0.2, 0.25) is 0 Å². The molecule has 2 aromatic rings. The van der Waals surface area contributed by atoms with Gasteiger partial charge in [0.15, 0.2) is 0 Å². The fourth-order valence-electron chi connectivity index (χ4n) is 3.00. The molecule has 0 N–H and O–H groups in total. The zero-order valence-electron chi connectivity index (χ0n) is 15.6.